The van der Waals surface area contributed by atoms with Crippen molar-refractivity contribution in [3.63, 3.8) is 0 Å². The number of rotatable bonds is 9. The van der Waals surface area contributed by atoms with E-state index < -0.39 is 37.0 Å². The van der Waals surface area contributed by atoms with Crippen molar-refractivity contribution in [1.29, 1.82) is 0 Å². The molecule has 2 aliphatic rings. The van der Waals surface area contributed by atoms with Gasteiger partial charge >= 0.3 is 0 Å². The first kappa shape index (κ1) is 27.6. The number of ether oxygens (including phenoxy) is 6. The van der Waals surface area contributed by atoms with Crippen molar-refractivity contribution in [3.05, 3.63) is 120 Å². The molecule has 2 fully saturated rings. The van der Waals surface area contributed by atoms with Crippen molar-refractivity contribution in [1.82, 2.24) is 0 Å². The van der Waals surface area contributed by atoms with Gasteiger partial charge < -0.3 is 28.4 Å². The molecule has 0 N–H and O–H groups in total. The van der Waals surface area contributed by atoms with Crippen LogP contribution in [-0.4, -0.2) is 37.3 Å². The zero-order chi connectivity index (χ0) is 27.2. The number of hydrogen-bond donors (Lipinski definition) is 0. The molecule has 206 valence electrons. The third kappa shape index (κ3) is 6.96. The number of fused-ring (bicyclic) bond motifs is 1. The largest absolute Gasteiger partial charge is 0.466 e. The lowest BCUT2D eigenvalue weighted by atomic mass is 9.94. The van der Waals surface area contributed by atoms with Gasteiger partial charge in [0.25, 0.3) is 0 Å². The molecular weight excluding hydrogens is 492 g/mol. The molecular formula is C33H38O6. The van der Waals surface area contributed by atoms with Gasteiger partial charge in [-0.15, -0.1) is 0 Å². The molecule has 3 aromatic rings. The quantitative estimate of drug-likeness (QED) is 0.292. The molecule has 39 heavy (non-hydrogen) atoms. The zero-order valence-electron chi connectivity index (χ0n) is 22.9. The SMILES string of the molecule is C=C(O[C@H]1O[C@@H]2COC(c3ccccc3)O[C@H]2[C@H](OCc2ccccc2)[C@@H]1OCc1ccccc1)C(C)(C)C. The first-order valence-electron chi connectivity index (χ1n) is 13.5. The monoisotopic (exact) mass is 530 g/mol. The van der Waals surface area contributed by atoms with Crippen molar-refractivity contribution >= 4 is 0 Å². The minimum Gasteiger partial charge on any atom is -0.466 e. The molecule has 2 aliphatic heterocycles. The highest BCUT2D eigenvalue weighted by Crippen LogP contribution is 2.39. The van der Waals surface area contributed by atoms with Crippen molar-refractivity contribution in [2.24, 2.45) is 5.41 Å². The summed E-state index contributed by atoms with van der Waals surface area (Å²) in [6, 6.07) is 30.1. The predicted molar refractivity (Wildman–Crippen MR) is 148 cm³/mol. The van der Waals surface area contributed by atoms with Gasteiger partial charge in [-0.1, -0.05) is 118 Å². The van der Waals surface area contributed by atoms with E-state index in [1.807, 2.05) is 91.0 Å². The van der Waals surface area contributed by atoms with Crippen molar-refractivity contribution in [2.75, 3.05) is 6.61 Å². The minimum absolute atomic E-state index is 0.275. The Balaban J connectivity index is 1.44. The van der Waals surface area contributed by atoms with E-state index in [0.29, 0.717) is 25.6 Å². The van der Waals surface area contributed by atoms with Crippen LogP contribution >= 0.6 is 0 Å². The Morgan fingerprint density at radius 1 is 0.769 bits per heavy atom. The fourth-order valence-electron chi connectivity index (χ4n) is 4.64. The molecule has 0 saturated carbocycles. The Morgan fingerprint density at radius 2 is 1.31 bits per heavy atom. The Kier molecular flexibility index (Phi) is 8.80. The van der Waals surface area contributed by atoms with Gasteiger partial charge in [-0.05, 0) is 11.1 Å². The van der Waals surface area contributed by atoms with Crippen LogP contribution in [0.5, 0.6) is 0 Å². The van der Waals surface area contributed by atoms with E-state index in [4.69, 9.17) is 28.4 Å². The summed E-state index contributed by atoms with van der Waals surface area (Å²) >= 11 is 0. The Bertz CT molecular complexity index is 1180. The fraction of sp³-hybridized carbons (Fsp3) is 0.394. The summed E-state index contributed by atoms with van der Waals surface area (Å²) in [5.41, 5.74) is 2.78. The number of hydrogen-bond acceptors (Lipinski definition) is 6. The second kappa shape index (κ2) is 12.5. The van der Waals surface area contributed by atoms with Gasteiger partial charge in [0, 0.05) is 11.0 Å². The molecule has 3 aromatic carbocycles. The summed E-state index contributed by atoms with van der Waals surface area (Å²) in [5.74, 6) is 0.612. The first-order valence-corrected chi connectivity index (χ1v) is 13.5. The second-order valence-electron chi connectivity index (χ2n) is 11.0. The molecule has 1 unspecified atom stereocenters. The van der Waals surface area contributed by atoms with Gasteiger partial charge in [0.15, 0.2) is 6.29 Å². The summed E-state index contributed by atoms with van der Waals surface area (Å²) in [4.78, 5) is 0. The van der Waals surface area contributed by atoms with Crippen LogP contribution in [0.25, 0.3) is 0 Å². The highest BCUT2D eigenvalue weighted by atomic mass is 16.8. The molecule has 0 radical (unpaired) electrons. The predicted octanol–water partition coefficient (Wildman–Crippen LogP) is 6.57. The van der Waals surface area contributed by atoms with Crippen LogP contribution < -0.4 is 0 Å². The standard InChI is InChI=1S/C33H38O6/c1-23(33(2,3)4)37-32-30(35-21-25-16-10-6-11-17-25)29(34-20-24-14-8-5-9-15-24)28-27(38-32)22-36-31(39-28)26-18-12-7-13-19-26/h5-19,27-32H,1,20-22H2,2-4H3/t27-,28-,29+,30+,31?,32+/m1/s1. The summed E-state index contributed by atoms with van der Waals surface area (Å²) in [6.45, 7) is 11.5. The molecule has 0 aromatic heterocycles. The molecule has 2 saturated heterocycles. The minimum atomic E-state index is -0.747. The molecule has 5 rings (SSSR count). The van der Waals surface area contributed by atoms with Gasteiger partial charge in [-0.2, -0.15) is 0 Å². The Labute approximate surface area is 231 Å². The van der Waals surface area contributed by atoms with E-state index in [2.05, 4.69) is 27.4 Å². The van der Waals surface area contributed by atoms with E-state index in [9.17, 15) is 0 Å². The first-order chi connectivity index (χ1) is 18.9. The maximum absolute atomic E-state index is 6.63. The normalized spacial score (nSPS) is 26.9. The molecule has 0 amide bonds. The summed E-state index contributed by atoms with van der Waals surface area (Å²) < 4.78 is 38.7. The van der Waals surface area contributed by atoms with Crippen molar-refractivity contribution < 1.29 is 28.4 Å². The van der Waals surface area contributed by atoms with E-state index in [0.717, 1.165) is 16.7 Å². The molecule has 6 nitrogen and oxygen atoms in total. The number of allylic oxidation sites excluding steroid dienone is 1. The lowest BCUT2D eigenvalue weighted by Crippen LogP contribution is -2.63. The van der Waals surface area contributed by atoms with E-state index in [1.54, 1.807) is 0 Å². The van der Waals surface area contributed by atoms with Crippen LogP contribution in [0.3, 0.4) is 0 Å². The van der Waals surface area contributed by atoms with Crippen LogP contribution in [0.1, 0.15) is 43.8 Å². The lowest BCUT2D eigenvalue weighted by molar-refractivity contribution is -0.369. The van der Waals surface area contributed by atoms with E-state index >= 15 is 0 Å². The summed E-state index contributed by atoms with van der Waals surface area (Å²) in [7, 11) is 0. The Morgan fingerprint density at radius 3 is 1.87 bits per heavy atom. The van der Waals surface area contributed by atoms with E-state index in [1.165, 1.54) is 0 Å². The Hall–Kier alpha value is -3.00. The molecule has 0 bridgehead atoms. The van der Waals surface area contributed by atoms with Crippen LogP contribution in [0.15, 0.2) is 103 Å². The van der Waals surface area contributed by atoms with Gasteiger partial charge in [-0.25, -0.2) is 0 Å². The van der Waals surface area contributed by atoms with E-state index in [-0.39, 0.29) is 5.41 Å². The zero-order valence-corrected chi connectivity index (χ0v) is 22.9. The third-order valence-electron chi connectivity index (χ3n) is 7.02. The van der Waals surface area contributed by atoms with Gasteiger partial charge in [0.1, 0.15) is 24.4 Å². The van der Waals surface area contributed by atoms with Crippen LogP contribution in [0.2, 0.25) is 0 Å². The van der Waals surface area contributed by atoms with Crippen LogP contribution in [0.4, 0.5) is 0 Å². The second-order valence-corrected chi connectivity index (χ2v) is 11.0. The van der Waals surface area contributed by atoms with Gasteiger partial charge in [0.2, 0.25) is 6.29 Å². The average Bonchev–Trinajstić information content (AvgIpc) is 2.96. The maximum atomic E-state index is 6.63. The van der Waals surface area contributed by atoms with Crippen molar-refractivity contribution in [3.8, 4) is 0 Å². The average molecular weight is 531 g/mol. The summed E-state index contributed by atoms with van der Waals surface area (Å²) in [6.07, 6.45) is -3.18. The fourth-order valence-corrected chi connectivity index (χ4v) is 4.64. The topological polar surface area (TPSA) is 55.4 Å². The number of benzene rings is 3. The smallest absolute Gasteiger partial charge is 0.229 e. The van der Waals surface area contributed by atoms with Crippen molar-refractivity contribution in [2.45, 2.75) is 71.0 Å². The maximum Gasteiger partial charge on any atom is 0.229 e. The molecule has 6 heteroatoms. The van der Waals surface area contributed by atoms with Gasteiger partial charge in [-0.3, -0.25) is 0 Å². The van der Waals surface area contributed by atoms with Crippen LogP contribution in [-0.2, 0) is 41.6 Å². The van der Waals surface area contributed by atoms with Gasteiger partial charge in [0.05, 0.1) is 25.6 Å². The lowest BCUT2D eigenvalue weighted by Gasteiger charge is -2.49. The molecule has 2 heterocycles. The molecule has 0 aliphatic carbocycles. The highest BCUT2D eigenvalue weighted by Gasteiger charge is 2.52. The molecule has 6 atom stereocenters. The summed E-state index contributed by atoms with van der Waals surface area (Å²) in [5, 5.41) is 0. The molecule has 0 spiro atoms. The third-order valence-corrected chi connectivity index (χ3v) is 7.02. The highest BCUT2D eigenvalue weighted by molar-refractivity contribution is 5.18. The van der Waals surface area contributed by atoms with Crippen LogP contribution in [0, 0.1) is 5.41 Å².